The Morgan fingerprint density at radius 1 is 1.38 bits per heavy atom. The normalized spacial score (nSPS) is 15.8. The summed E-state index contributed by atoms with van der Waals surface area (Å²) in [5, 5.41) is 0. The Labute approximate surface area is 78.2 Å². The number of nitrogens with zero attached hydrogens (tertiary/aromatic N) is 1. The van der Waals surface area contributed by atoms with E-state index in [-0.39, 0.29) is 5.82 Å². The molecule has 0 unspecified atom stereocenters. The number of hydrogen-bond acceptors (Lipinski definition) is 1. The molecular weight excluding hydrogens is 165 g/mol. The lowest BCUT2D eigenvalue weighted by atomic mass is 9.98. The Hall–Kier alpha value is -1.05. The number of halogens is 1. The SMILES string of the molecule is Cc1ccc(F)c2c1N(C)CCC2. The van der Waals surface area contributed by atoms with Gasteiger partial charge in [-0.05, 0) is 31.4 Å². The number of aryl methyl sites for hydroxylation is 1. The number of benzene rings is 1. The van der Waals surface area contributed by atoms with E-state index in [1.807, 2.05) is 20.0 Å². The molecule has 1 aliphatic heterocycles. The first-order valence-corrected chi connectivity index (χ1v) is 4.69. The molecule has 2 heteroatoms. The summed E-state index contributed by atoms with van der Waals surface area (Å²) in [6.45, 7) is 3.08. The molecule has 0 saturated carbocycles. The van der Waals surface area contributed by atoms with Gasteiger partial charge in [-0.15, -0.1) is 0 Å². The lowest BCUT2D eigenvalue weighted by Crippen LogP contribution is -2.26. The van der Waals surface area contributed by atoms with Gasteiger partial charge < -0.3 is 4.90 Å². The van der Waals surface area contributed by atoms with Crippen LogP contribution in [0.15, 0.2) is 12.1 Å². The molecule has 0 N–H and O–H groups in total. The molecule has 0 amide bonds. The van der Waals surface area contributed by atoms with Gasteiger partial charge in [0.05, 0.1) is 0 Å². The van der Waals surface area contributed by atoms with Crippen LogP contribution in [-0.4, -0.2) is 13.6 Å². The summed E-state index contributed by atoms with van der Waals surface area (Å²) in [5.74, 6) is -0.0489. The van der Waals surface area contributed by atoms with Gasteiger partial charge in [0, 0.05) is 24.8 Å². The topological polar surface area (TPSA) is 3.24 Å². The van der Waals surface area contributed by atoms with Gasteiger partial charge in [-0.3, -0.25) is 0 Å². The summed E-state index contributed by atoms with van der Waals surface area (Å²) in [6.07, 6.45) is 1.94. The minimum absolute atomic E-state index is 0.0489. The molecule has 0 bridgehead atoms. The lowest BCUT2D eigenvalue weighted by Gasteiger charge is -2.29. The third-order valence-electron chi connectivity index (χ3n) is 2.73. The maximum Gasteiger partial charge on any atom is 0.128 e. The average Bonchev–Trinajstić information content (AvgIpc) is 2.12. The quantitative estimate of drug-likeness (QED) is 0.591. The maximum atomic E-state index is 13.4. The van der Waals surface area contributed by atoms with Crippen LogP contribution in [0.1, 0.15) is 17.5 Å². The van der Waals surface area contributed by atoms with E-state index in [9.17, 15) is 4.39 Å². The molecule has 0 aromatic heterocycles. The molecule has 0 atom stereocenters. The van der Waals surface area contributed by atoms with Crippen LogP contribution < -0.4 is 4.90 Å². The van der Waals surface area contributed by atoms with Crippen molar-refractivity contribution >= 4 is 5.69 Å². The molecule has 0 saturated heterocycles. The summed E-state index contributed by atoms with van der Waals surface area (Å²) < 4.78 is 13.4. The van der Waals surface area contributed by atoms with Gasteiger partial charge in [0.15, 0.2) is 0 Å². The van der Waals surface area contributed by atoms with E-state index in [0.717, 1.165) is 30.6 Å². The van der Waals surface area contributed by atoms with Crippen LogP contribution in [0.2, 0.25) is 0 Å². The highest BCUT2D eigenvalue weighted by atomic mass is 19.1. The molecule has 0 spiro atoms. The van der Waals surface area contributed by atoms with Crippen molar-refractivity contribution in [2.75, 3.05) is 18.5 Å². The Morgan fingerprint density at radius 2 is 2.15 bits per heavy atom. The fourth-order valence-corrected chi connectivity index (χ4v) is 2.10. The van der Waals surface area contributed by atoms with Gasteiger partial charge in [-0.25, -0.2) is 4.39 Å². The molecule has 1 aliphatic rings. The minimum Gasteiger partial charge on any atom is -0.374 e. The van der Waals surface area contributed by atoms with Crippen LogP contribution >= 0.6 is 0 Å². The Balaban J connectivity index is 2.60. The Morgan fingerprint density at radius 3 is 2.85 bits per heavy atom. The van der Waals surface area contributed by atoms with Crippen molar-refractivity contribution in [1.82, 2.24) is 0 Å². The average molecular weight is 179 g/mol. The van der Waals surface area contributed by atoms with Crippen LogP contribution in [0.4, 0.5) is 10.1 Å². The van der Waals surface area contributed by atoms with Gasteiger partial charge in [-0.2, -0.15) is 0 Å². The smallest absolute Gasteiger partial charge is 0.128 e. The maximum absolute atomic E-state index is 13.4. The fraction of sp³-hybridized carbons (Fsp3) is 0.455. The highest BCUT2D eigenvalue weighted by Crippen LogP contribution is 2.31. The van der Waals surface area contributed by atoms with Crippen molar-refractivity contribution in [3.63, 3.8) is 0 Å². The van der Waals surface area contributed by atoms with Gasteiger partial charge >= 0.3 is 0 Å². The molecule has 0 radical (unpaired) electrons. The van der Waals surface area contributed by atoms with Crippen LogP contribution in [0.25, 0.3) is 0 Å². The highest BCUT2D eigenvalue weighted by molar-refractivity contribution is 5.60. The first-order chi connectivity index (χ1) is 6.20. The third kappa shape index (κ3) is 1.30. The molecule has 0 fully saturated rings. The van der Waals surface area contributed by atoms with Crippen LogP contribution in [0, 0.1) is 12.7 Å². The van der Waals surface area contributed by atoms with Gasteiger partial charge in [0.1, 0.15) is 5.82 Å². The van der Waals surface area contributed by atoms with E-state index in [4.69, 9.17) is 0 Å². The zero-order valence-electron chi connectivity index (χ0n) is 8.10. The molecular formula is C11H14FN. The monoisotopic (exact) mass is 179 g/mol. The number of rotatable bonds is 0. The summed E-state index contributed by atoms with van der Waals surface area (Å²) in [5.41, 5.74) is 3.18. The van der Waals surface area contributed by atoms with E-state index < -0.39 is 0 Å². The standard InChI is InChI=1S/C11H14FN/c1-8-5-6-10(12)9-4-3-7-13(2)11(8)9/h5-6H,3-4,7H2,1-2H3. The molecule has 1 heterocycles. The minimum atomic E-state index is -0.0489. The number of anilines is 1. The Kier molecular flexibility index (Phi) is 1.98. The zero-order valence-corrected chi connectivity index (χ0v) is 8.10. The molecule has 1 nitrogen and oxygen atoms in total. The number of fused-ring (bicyclic) bond motifs is 1. The van der Waals surface area contributed by atoms with Crippen molar-refractivity contribution in [3.8, 4) is 0 Å². The van der Waals surface area contributed by atoms with Crippen molar-refractivity contribution in [2.24, 2.45) is 0 Å². The molecule has 1 aromatic rings. The van der Waals surface area contributed by atoms with Crippen molar-refractivity contribution in [2.45, 2.75) is 19.8 Å². The zero-order chi connectivity index (χ0) is 9.42. The van der Waals surface area contributed by atoms with Crippen molar-refractivity contribution < 1.29 is 4.39 Å². The second-order valence-corrected chi connectivity index (χ2v) is 3.72. The Bertz CT molecular complexity index is 333. The van der Waals surface area contributed by atoms with Gasteiger partial charge in [-0.1, -0.05) is 6.07 Å². The van der Waals surface area contributed by atoms with Crippen LogP contribution in [0.5, 0.6) is 0 Å². The van der Waals surface area contributed by atoms with E-state index in [2.05, 4.69) is 4.90 Å². The second-order valence-electron chi connectivity index (χ2n) is 3.72. The summed E-state index contributed by atoms with van der Waals surface area (Å²) >= 11 is 0. The summed E-state index contributed by atoms with van der Waals surface area (Å²) in [6, 6.07) is 3.43. The first kappa shape index (κ1) is 8.54. The lowest BCUT2D eigenvalue weighted by molar-refractivity contribution is 0.593. The predicted octanol–water partition coefficient (Wildman–Crippen LogP) is 2.52. The van der Waals surface area contributed by atoms with Gasteiger partial charge in [0.2, 0.25) is 0 Å². The molecule has 2 rings (SSSR count). The van der Waals surface area contributed by atoms with Crippen molar-refractivity contribution in [1.29, 1.82) is 0 Å². The fourth-order valence-electron chi connectivity index (χ4n) is 2.10. The molecule has 70 valence electrons. The third-order valence-corrected chi connectivity index (χ3v) is 2.73. The molecule has 1 aromatic carbocycles. The van der Waals surface area contributed by atoms with E-state index >= 15 is 0 Å². The molecule has 0 aliphatic carbocycles. The van der Waals surface area contributed by atoms with E-state index in [1.165, 1.54) is 5.56 Å². The second kappa shape index (κ2) is 3.02. The number of hydrogen-bond donors (Lipinski definition) is 0. The first-order valence-electron chi connectivity index (χ1n) is 4.69. The highest BCUT2D eigenvalue weighted by Gasteiger charge is 2.18. The summed E-state index contributed by atoms with van der Waals surface area (Å²) in [4.78, 5) is 2.15. The predicted molar refractivity (Wildman–Crippen MR) is 52.7 cm³/mol. The van der Waals surface area contributed by atoms with E-state index in [1.54, 1.807) is 6.07 Å². The van der Waals surface area contributed by atoms with Crippen molar-refractivity contribution in [3.05, 3.63) is 29.1 Å². The van der Waals surface area contributed by atoms with Gasteiger partial charge in [0.25, 0.3) is 0 Å². The summed E-state index contributed by atoms with van der Waals surface area (Å²) in [7, 11) is 2.03. The van der Waals surface area contributed by atoms with E-state index in [0.29, 0.717) is 0 Å². The molecule has 13 heavy (non-hydrogen) atoms. The van der Waals surface area contributed by atoms with Crippen LogP contribution in [0.3, 0.4) is 0 Å². The van der Waals surface area contributed by atoms with Crippen LogP contribution in [-0.2, 0) is 6.42 Å². The largest absolute Gasteiger partial charge is 0.374 e.